The molecule has 0 N–H and O–H groups in total. The van der Waals surface area contributed by atoms with E-state index >= 15 is 0 Å². The van der Waals surface area contributed by atoms with Crippen LogP contribution >= 0.6 is 0 Å². The molecular weight excluding hydrogens is 350 g/mol. The number of aryl methyl sites for hydroxylation is 1. The molecule has 0 bridgehead atoms. The van der Waals surface area contributed by atoms with Crippen molar-refractivity contribution in [2.24, 2.45) is 5.92 Å². The molecule has 1 fully saturated rings. The van der Waals surface area contributed by atoms with Gasteiger partial charge < -0.3 is 4.90 Å². The molecular formula is C22H35N5O. The molecule has 0 spiro atoms. The summed E-state index contributed by atoms with van der Waals surface area (Å²) in [5.41, 5.74) is 1.63. The Morgan fingerprint density at radius 2 is 1.96 bits per heavy atom. The Morgan fingerprint density at radius 3 is 2.68 bits per heavy atom. The van der Waals surface area contributed by atoms with Crippen LogP contribution in [0.25, 0.3) is 11.0 Å². The first kappa shape index (κ1) is 20.9. The van der Waals surface area contributed by atoms with Crippen molar-refractivity contribution in [2.75, 3.05) is 33.2 Å². The molecule has 0 radical (unpaired) electrons. The van der Waals surface area contributed by atoms with Gasteiger partial charge in [-0.3, -0.25) is 14.3 Å². The molecule has 1 aliphatic heterocycles. The molecule has 2 aromatic heterocycles. The third-order valence-corrected chi connectivity index (χ3v) is 5.58. The van der Waals surface area contributed by atoms with Crippen molar-refractivity contribution in [1.82, 2.24) is 24.3 Å². The number of pyridine rings is 1. The molecule has 6 nitrogen and oxygen atoms in total. The topological polar surface area (TPSA) is 54.3 Å². The minimum atomic E-state index is 0.0537. The van der Waals surface area contributed by atoms with Gasteiger partial charge in [0.05, 0.1) is 11.4 Å². The van der Waals surface area contributed by atoms with Crippen molar-refractivity contribution in [3.63, 3.8) is 0 Å². The second kappa shape index (κ2) is 9.14. The van der Waals surface area contributed by atoms with Gasteiger partial charge in [0.15, 0.2) is 5.65 Å². The quantitative estimate of drug-likeness (QED) is 0.764. The summed E-state index contributed by atoms with van der Waals surface area (Å²) in [6.45, 7) is 13.4. The zero-order valence-electron chi connectivity index (χ0n) is 18.1. The highest BCUT2D eigenvalue weighted by molar-refractivity contribution is 5.74. The van der Waals surface area contributed by atoms with Crippen molar-refractivity contribution in [3.8, 4) is 0 Å². The molecule has 1 unspecified atom stereocenters. The van der Waals surface area contributed by atoms with Gasteiger partial charge in [0.1, 0.15) is 5.82 Å². The molecule has 3 rings (SSSR count). The summed E-state index contributed by atoms with van der Waals surface area (Å²) >= 11 is 0. The van der Waals surface area contributed by atoms with Gasteiger partial charge in [-0.25, -0.2) is 9.97 Å². The average molecular weight is 386 g/mol. The van der Waals surface area contributed by atoms with E-state index in [1.54, 1.807) is 6.20 Å². The van der Waals surface area contributed by atoms with Crippen LogP contribution in [0.4, 0.5) is 0 Å². The van der Waals surface area contributed by atoms with Gasteiger partial charge in [-0.15, -0.1) is 0 Å². The lowest BCUT2D eigenvalue weighted by atomic mass is 10.1. The molecule has 6 heteroatoms. The molecule has 1 atom stereocenters. The first-order chi connectivity index (χ1) is 13.4. The molecule has 0 amide bonds. The summed E-state index contributed by atoms with van der Waals surface area (Å²) in [6, 6.07) is 2.09. The van der Waals surface area contributed by atoms with E-state index in [0.717, 1.165) is 56.8 Å². The number of hydrogen-bond donors (Lipinski definition) is 0. The molecule has 28 heavy (non-hydrogen) atoms. The molecule has 0 aromatic carbocycles. The summed E-state index contributed by atoms with van der Waals surface area (Å²) in [4.78, 5) is 27.8. The Balaban J connectivity index is 2.13. The van der Waals surface area contributed by atoms with Crippen molar-refractivity contribution < 1.29 is 0 Å². The average Bonchev–Trinajstić information content (AvgIpc) is 2.87. The van der Waals surface area contributed by atoms with Crippen LogP contribution in [0.2, 0.25) is 0 Å². The van der Waals surface area contributed by atoms with E-state index in [9.17, 15) is 4.79 Å². The van der Waals surface area contributed by atoms with Crippen LogP contribution in [-0.2, 0) is 6.54 Å². The highest BCUT2D eigenvalue weighted by Crippen LogP contribution is 2.26. The van der Waals surface area contributed by atoms with Gasteiger partial charge in [0, 0.05) is 32.4 Å². The first-order valence-electron chi connectivity index (χ1n) is 10.7. The lowest BCUT2D eigenvalue weighted by Crippen LogP contribution is -2.38. The zero-order valence-corrected chi connectivity index (χ0v) is 18.1. The Labute approximate surface area is 168 Å². The van der Waals surface area contributed by atoms with E-state index in [1.807, 2.05) is 17.6 Å². The molecule has 3 heterocycles. The van der Waals surface area contributed by atoms with Crippen molar-refractivity contribution in [2.45, 2.75) is 59.5 Å². The van der Waals surface area contributed by atoms with Gasteiger partial charge >= 0.3 is 0 Å². The van der Waals surface area contributed by atoms with E-state index in [1.165, 1.54) is 0 Å². The van der Waals surface area contributed by atoms with Crippen LogP contribution in [0, 0.1) is 12.8 Å². The van der Waals surface area contributed by atoms with Gasteiger partial charge in [-0.1, -0.05) is 27.2 Å². The maximum atomic E-state index is 13.4. The highest BCUT2D eigenvalue weighted by atomic mass is 16.1. The number of likely N-dealkylation sites (N-methyl/N-ethyl adjacent to an activating group) is 1. The number of fused-ring (bicyclic) bond motifs is 1. The molecule has 0 aliphatic carbocycles. The summed E-state index contributed by atoms with van der Waals surface area (Å²) in [7, 11) is 2.19. The van der Waals surface area contributed by atoms with Crippen LogP contribution in [0.5, 0.6) is 0 Å². The first-order valence-corrected chi connectivity index (χ1v) is 10.7. The summed E-state index contributed by atoms with van der Waals surface area (Å²) in [6.07, 6.45) is 5.02. The van der Waals surface area contributed by atoms with Gasteiger partial charge in [-0.2, -0.15) is 0 Å². The Bertz CT molecular complexity index is 860. The number of rotatable bonds is 6. The third-order valence-electron chi connectivity index (χ3n) is 5.58. The van der Waals surface area contributed by atoms with E-state index in [0.29, 0.717) is 23.5 Å². The maximum Gasteiger partial charge on any atom is 0.263 e. The largest absolute Gasteiger partial charge is 0.305 e. The summed E-state index contributed by atoms with van der Waals surface area (Å²) < 4.78 is 1.93. The van der Waals surface area contributed by atoms with Crippen molar-refractivity contribution >= 4 is 11.0 Å². The van der Waals surface area contributed by atoms with Crippen molar-refractivity contribution in [1.29, 1.82) is 0 Å². The van der Waals surface area contributed by atoms with Crippen LogP contribution in [0.1, 0.15) is 57.5 Å². The SMILES string of the molecule is CCCC(c1nc2ncc(C)cc2c(=O)n1CC(C)C)N1CCCN(C)CC1. The van der Waals surface area contributed by atoms with Gasteiger partial charge in [-0.05, 0) is 50.9 Å². The van der Waals surface area contributed by atoms with Crippen LogP contribution in [-0.4, -0.2) is 57.6 Å². The Kier molecular flexibility index (Phi) is 6.83. The fraction of sp³-hybridized carbons (Fsp3) is 0.682. The lowest BCUT2D eigenvalue weighted by Gasteiger charge is -2.32. The zero-order chi connectivity index (χ0) is 20.3. The maximum absolute atomic E-state index is 13.4. The minimum Gasteiger partial charge on any atom is -0.305 e. The molecule has 2 aromatic rings. The van der Waals surface area contributed by atoms with Crippen LogP contribution in [0.15, 0.2) is 17.1 Å². The van der Waals surface area contributed by atoms with Crippen LogP contribution in [0.3, 0.4) is 0 Å². The van der Waals surface area contributed by atoms with E-state index in [-0.39, 0.29) is 11.6 Å². The summed E-state index contributed by atoms with van der Waals surface area (Å²) in [5.74, 6) is 1.28. The van der Waals surface area contributed by atoms with E-state index in [2.05, 4.69) is 42.6 Å². The number of aromatic nitrogens is 3. The molecule has 1 saturated heterocycles. The van der Waals surface area contributed by atoms with E-state index in [4.69, 9.17) is 4.98 Å². The smallest absolute Gasteiger partial charge is 0.263 e. The minimum absolute atomic E-state index is 0.0537. The molecule has 0 saturated carbocycles. The second-order valence-corrected chi connectivity index (χ2v) is 8.66. The fourth-order valence-corrected chi connectivity index (χ4v) is 4.15. The predicted octanol–water partition coefficient (Wildman–Crippen LogP) is 3.23. The fourth-order valence-electron chi connectivity index (χ4n) is 4.15. The van der Waals surface area contributed by atoms with Gasteiger partial charge in [0.2, 0.25) is 0 Å². The van der Waals surface area contributed by atoms with Crippen molar-refractivity contribution in [3.05, 3.63) is 34.0 Å². The van der Waals surface area contributed by atoms with Gasteiger partial charge in [0.25, 0.3) is 5.56 Å². The normalized spacial score (nSPS) is 17.9. The third kappa shape index (κ3) is 4.61. The lowest BCUT2D eigenvalue weighted by molar-refractivity contribution is 0.178. The number of nitrogens with zero attached hydrogens (tertiary/aromatic N) is 5. The highest BCUT2D eigenvalue weighted by Gasteiger charge is 2.27. The Hall–Kier alpha value is -1.79. The second-order valence-electron chi connectivity index (χ2n) is 8.66. The monoisotopic (exact) mass is 385 g/mol. The molecule has 154 valence electrons. The standard InChI is InChI=1S/C22H35N5O/c1-6-8-19(26-10-7-9-25(5)11-12-26)21-24-20-18(13-17(4)14-23-20)22(28)27(21)15-16(2)3/h13-14,16,19H,6-12,15H2,1-5H3. The van der Waals surface area contributed by atoms with Crippen LogP contribution < -0.4 is 5.56 Å². The van der Waals surface area contributed by atoms with E-state index < -0.39 is 0 Å². The predicted molar refractivity (Wildman–Crippen MR) is 115 cm³/mol. The Morgan fingerprint density at radius 1 is 1.18 bits per heavy atom. The number of hydrogen-bond acceptors (Lipinski definition) is 5. The molecule has 1 aliphatic rings. The summed E-state index contributed by atoms with van der Waals surface area (Å²) in [5, 5.41) is 0.634.